The second-order valence-corrected chi connectivity index (χ2v) is 14.4. The van der Waals surface area contributed by atoms with Crippen LogP contribution in [0, 0.1) is 0 Å². The summed E-state index contributed by atoms with van der Waals surface area (Å²) >= 11 is 4.96. The van der Waals surface area contributed by atoms with Crippen molar-refractivity contribution in [1.82, 2.24) is 10.2 Å². The molecule has 0 radical (unpaired) electrons. The third-order valence-electron chi connectivity index (χ3n) is 7.75. The lowest BCUT2D eigenvalue weighted by Gasteiger charge is -2.33. The molecule has 1 saturated carbocycles. The Morgan fingerprint density at radius 3 is 2.20 bits per heavy atom. The quantitative estimate of drug-likeness (QED) is 0.201. The number of hydrogen-bond acceptors (Lipinski definition) is 6. The fourth-order valence-electron chi connectivity index (χ4n) is 5.22. The van der Waals surface area contributed by atoms with Crippen LogP contribution in [0.2, 0.25) is 0 Å². The van der Waals surface area contributed by atoms with Crippen molar-refractivity contribution in [2.75, 3.05) is 23.7 Å². The Kier molecular flexibility index (Phi) is 12.2. The minimum absolute atomic E-state index is 0.0690. The normalized spacial score (nSPS) is 14.5. The number of ether oxygens (including phenoxy) is 1. The van der Waals surface area contributed by atoms with E-state index in [1.54, 1.807) is 55.5 Å². The SMILES string of the molecule is CCOc1ccc(N(CC(=O)N(Cc2ccc(Br)cc2)[C@H](C)C(=O)NC2CCCCC2)S(=O)(=O)c2ccc(SC)cc2)cc1. The van der Waals surface area contributed by atoms with Gasteiger partial charge in [0.1, 0.15) is 18.3 Å². The van der Waals surface area contributed by atoms with Gasteiger partial charge in [0.15, 0.2) is 0 Å². The highest BCUT2D eigenvalue weighted by Crippen LogP contribution is 2.28. The predicted molar refractivity (Wildman–Crippen MR) is 180 cm³/mol. The molecule has 1 N–H and O–H groups in total. The maximum absolute atomic E-state index is 14.2. The van der Waals surface area contributed by atoms with E-state index in [4.69, 9.17) is 4.74 Å². The summed E-state index contributed by atoms with van der Waals surface area (Å²) in [5.74, 6) is -0.142. The van der Waals surface area contributed by atoms with Gasteiger partial charge in [-0.3, -0.25) is 13.9 Å². The lowest BCUT2D eigenvalue weighted by molar-refractivity contribution is -0.139. The molecule has 1 fully saturated rings. The zero-order valence-electron chi connectivity index (χ0n) is 25.4. The number of amides is 2. The van der Waals surface area contributed by atoms with Crippen molar-refractivity contribution >= 4 is 55.2 Å². The van der Waals surface area contributed by atoms with E-state index < -0.39 is 28.5 Å². The number of anilines is 1. The summed E-state index contributed by atoms with van der Waals surface area (Å²) < 4.78 is 35.8. The molecular formula is C33H40BrN3O5S2. The van der Waals surface area contributed by atoms with Gasteiger partial charge in [0.05, 0.1) is 17.2 Å². The van der Waals surface area contributed by atoms with Crippen LogP contribution in [-0.4, -0.2) is 56.6 Å². The molecule has 1 aliphatic carbocycles. The zero-order chi connectivity index (χ0) is 31.7. The second-order valence-electron chi connectivity index (χ2n) is 10.8. The number of carbonyl (C=O) groups excluding carboxylic acids is 2. The molecule has 1 atom stereocenters. The topological polar surface area (TPSA) is 96.0 Å². The number of nitrogens with one attached hydrogen (secondary N) is 1. The van der Waals surface area contributed by atoms with Gasteiger partial charge >= 0.3 is 0 Å². The molecule has 11 heteroatoms. The highest BCUT2D eigenvalue weighted by molar-refractivity contribution is 9.10. The Morgan fingerprint density at radius 2 is 1.61 bits per heavy atom. The summed E-state index contributed by atoms with van der Waals surface area (Å²) in [6, 6.07) is 20.0. The van der Waals surface area contributed by atoms with Gasteiger partial charge in [-0.05, 0) is 99.2 Å². The number of rotatable bonds is 13. The lowest BCUT2D eigenvalue weighted by atomic mass is 9.95. The van der Waals surface area contributed by atoms with Crippen LogP contribution in [0.1, 0.15) is 51.5 Å². The summed E-state index contributed by atoms with van der Waals surface area (Å²) in [4.78, 5) is 30.1. The average molecular weight is 703 g/mol. The van der Waals surface area contributed by atoms with Gasteiger partial charge in [-0.1, -0.05) is 47.3 Å². The number of hydrogen-bond donors (Lipinski definition) is 1. The molecule has 44 heavy (non-hydrogen) atoms. The number of carbonyl (C=O) groups is 2. The van der Waals surface area contributed by atoms with Crippen molar-refractivity contribution in [1.29, 1.82) is 0 Å². The number of benzene rings is 3. The van der Waals surface area contributed by atoms with Gasteiger partial charge in [-0.15, -0.1) is 11.8 Å². The molecule has 0 heterocycles. The standard InChI is InChI=1S/C33H40BrN3O5S2/c1-4-42-29-16-14-28(15-17-29)37(44(40,41)31-20-18-30(43-3)19-21-31)23-32(38)36(22-25-10-12-26(34)13-11-25)24(2)33(39)35-27-8-6-5-7-9-27/h10-21,24,27H,4-9,22-23H2,1-3H3,(H,35,39)/t24-/m1/s1. The summed E-state index contributed by atoms with van der Waals surface area (Å²) in [7, 11) is -4.15. The molecule has 0 aliphatic heterocycles. The molecule has 8 nitrogen and oxygen atoms in total. The third-order valence-corrected chi connectivity index (χ3v) is 10.8. The highest BCUT2D eigenvalue weighted by Gasteiger charge is 2.33. The second kappa shape index (κ2) is 15.8. The van der Waals surface area contributed by atoms with Crippen molar-refractivity contribution in [2.24, 2.45) is 0 Å². The first-order valence-electron chi connectivity index (χ1n) is 14.9. The number of nitrogens with zero attached hydrogens (tertiary/aromatic N) is 2. The van der Waals surface area contributed by atoms with E-state index in [-0.39, 0.29) is 23.4 Å². The zero-order valence-corrected chi connectivity index (χ0v) is 28.6. The Labute approximate surface area is 273 Å². The van der Waals surface area contributed by atoms with E-state index in [0.29, 0.717) is 18.0 Å². The molecule has 3 aromatic rings. The molecule has 1 aliphatic rings. The third kappa shape index (κ3) is 8.79. The smallest absolute Gasteiger partial charge is 0.264 e. The van der Waals surface area contributed by atoms with Crippen LogP contribution >= 0.6 is 27.7 Å². The summed E-state index contributed by atoms with van der Waals surface area (Å²) in [6.07, 6.45) is 7.03. The fourth-order valence-corrected chi connectivity index (χ4v) is 7.30. The Balaban J connectivity index is 1.68. The van der Waals surface area contributed by atoms with Crippen molar-refractivity contribution in [3.05, 3.63) is 82.8 Å². The van der Waals surface area contributed by atoms with Crippen molar-refractivity contribution in [2.45, 2.75) is 74.4 Å². The molecule has 0 bridgehead atoms. The van der Waals surface area contributed by atoms with Crippen molar-refractivity contribution in [3.8, 4) is 5.75 Å². The molecule has 236 valence electrons. The van der Waals surface area contributed by atoms with Gasteiger partial charge in [0, 0.05) is 22.0 Å². The van der Waals surface area contributed by atoms with E-state index in [0.717, 1.165) is 51.3 Å². The summed E-state index contributed by atoms with van der Waals surface area (Å²) in [5.41, 5.74) is 1.14. The minimum Gasteiger partial charge on any atom is -0.494 e. The maximum Gasteiger partial charge on any atom is 0.264 e. The van der Waals surface area contributed by atoms with E-state index in [1.807, 2.05) is 37.4 Å². The number of halogens is 1. The Hall–Kier alpha value is -3.02. The van der Waals surface area contributed by atoms with Gasteiger partial charge in [0.25, 0.3) is 10.0 Å². The van der Waals surface area contributed by atoms with Gasteiger partial charge in [0.2, 0.25) is 11.8 Å². The van der Waals surface area contributed by atoms with Crippen LogP contribution in [-0.2, 0) is 26.2 Å². The van der Waals surface area contributed by atoms with Crippen LogP contribution in [0.5, 0.6) is 5.75 Å². The van der Waals surface area contributed by atoms with Gasteiger partial charge in [-0.2, -0.15) is 0 Å². The summed E-state index contributed by atoms with van der Waals surface area (Å²) in [5, 5.41) is 3.13. The Morgan fingerprint density at radius 1 is 0.977 bits per heavy atom. The van der Waals surface area contributed by atoms with Crippen LogP contribution in [0.4, 0.5) is 5.69 Å². The first-order chi connectivity index (χ1) is 21.1. The van der Waals surface area contributed by atoms with Crippen LogP contribution in [0.3, 0.4) is 0 Å². The molecule has 3 aromatic carbocycles. The maximum atomic E-state index is 14.2. The minimum atomic E-state index is -4.15. The van der Waals surface area contributed by atoms with E-state index >= 15 is 0 Å². The molecule has 0 spiro atoms. The van der Waals surface area contributed by atoms with Crippen LogP contribution in [0.15, 0.2) is 87.1 Å². The monoisotopic (exact) mass is 701 g/mol. The van der Waals surface area contributed by atoms with Crippen molar-refractivity contribution < 1.29 is 22.7 Å². The molecule has 0 saturated heterocycles. The predicted octanol–water partition coefficient (Wildman–Crippen LogP) is 6.63. The van der Waals surface area contributed by atoms with E-state index in [2.05, 4.69) is 21.2 Å². The molecule has 2 amide bonds. The fraction of sp³-hybridized carbons (Fsp3) is 0.394. The van der Waals surface area contributed by atoms with Crippen LogP contribution in [0.25, 0.3) is 0 Å². The largest absolute Gasteiger partial charge is 0.494 e. The first-order valence-corrected chi connectivity index (χ1v) is 18.3. The van der Waals surface area contributed by atoms with Crippen LogP contribution < -0.4 is 14.4 Å². The number of sulfonamides is 1. The Bertz CT molecular complexity index is 1490. The molecule has 0 aromatic heterocycles. The van der Waals surface area contributed by atoms with E-state index in [1.165, 1.54) is 16.7 Å². The first kappa shape index (κ1) is 33.9. The van der Waals surface area contributed by atoms with Crippen molar-refractivity contribution in [3.63, 3.8) is 0 Å². The molecular weight excluding hydrogens is 662 g/mol. The van der Waals surface area contributed by atoms with E-state index in [9.17, 15) is 18.0 Å². The summed E-state index contributed by atoms with van der Waals surface area (Å²) in [6.45, 7) is 3.69. The lowest BCUT2D eigenvalue weighted by Crippen LogP contribution is -2.53. The number of thioether (sulfide) groups is 1. The average Bonchev–Trinajstić information content (AvgIpc) is 3.04. The molecule has 0 unspecified atom stereocenters. The molecule has 4 rings (SSSR count). The van der Waals surface area contributed by atoms with Gasteiger partial charge < -0.3 is 15.0 Å². The van der Waals surface area contributed by atoms with Gasteiger partial charge in [-0.25, -0.2) is 8.42 Å². The highest BCUT2D eigenvalue weighted by atomic mass is 79.9.